The van der Waals surface area contributed by atoms with E-state index in [4.69, 9.17) is 4.74 Å². The van der Waals surface area contributed by atoms with Gasteiger partial charge in [0.25, 0.3) is 0 Å². The summed E-state index contributed by atoms with van der Waals surface area (Å²) < 4.78 is 5.61. The first-order chi connectivity index (χ1) is 6.86. The van der Waals surface area contributed by atoms with Crippen molar-refractivity contribution in [3.8, 4) is 0 Å². The third-order valence-corrected chi connectivity index (χ3v) is 3.91. The first-order valence-electron chi connectivity index (χ1n) is 5.94. The molecule has 1 N–H and O–H groups in total. The summed E-state index contributed by atoms with van der Waals surface area (Å²) in [5.74, 6) is 0. The van der Waals surface area contributed by atoms with Crippen molar-refractivity contribution >= 4 is 0 Å². The predicted molar refractivity (Wildman–Crippen MR) is 53.1 cm³/mol. The van der Waals surface area contributed by atoms with Crippen molar-refractivity contribution in [1.82, 2.24) is 4.90 Å². The molecule has 0 bridgehead atoms. The van der Waals surface area contributed by atoms with E-state index in [1.54, 1.807) is 0 Å². The summed E-state index contributed by atoms with van der Waals surface area (Å²) in [6.45, 7) is 2.32. The molecule has 1 saturated carbocycles. The number of ether oxygens (including phenoxy) is 1. The van der Waals surface area contributed by atoms with Crippen molar-refractivity contribution in [1.29, 1.82) is 0 Å². The van der Waals surface area contributed by atoms with E-state index < -0.39 is 0 Å². The molecule has 1 aliphatic carbocycles. The molecule has 2 heterocycles. The Morgan fingerprint density at radius 3 is 2.64 bits per heavy atom. The van der Waals surface area contributed by atoms with Crippen LogP contribution in [0.2, 0.25) is 0 Å². The van der Waals surface area contributed by atoms with E-state index in [9.17, 15) is 5.11 Å². The van der Waals surface area contributed by atoms with Crippen LogP contribution in [0.25, 0.3) is 0 Å². The summed E-state index contributed by atoms with van der Waals surface area (Å²) in [6, 6.07) is 0.314. The fourth-order valence-electron chi connectivity index (χ4n) is 3.08. The number of hydrogen-bond donors (Lipinski definition) is 1. The minimum absolute atomic E-state index is 0.142. The third kappa shape index (κ3) is 1.47. The van der Waals surface area contributed by atoms with Gasteiger partial charge >= 0.3 is 0 Å². The Morgan fingerprint density at radius 1 is 1.07 bits per heavy atom. The predicted octanol–water partition coefficient (Wildman–Crippen LogP) is 0.763. The molecule has 80 valence electrons. The molecule has 3 nitrogen and oxygen atoms in total. The van der Waals surface area contributed by atoms with Gasteiger partial charge in [-0.25, -0.2) is 0 Å². The molecule has 0 radical (unpaired) electrons. The summed E-state index contributed by atoms with van der Waals surface area (Å²) in [7, 11) is 0. The highest BCUT2D eigenvalue weighted by Crippen LogP contribution is 2.39. The van der Waals surface area contributed by atoms with Crippen LogP contribution in [0.4, 0.5) is 0 Å². The molecule has 0 aromatic rings. The standard InChI is InChI=1S/C11H19NO2/c13-8-4-5-9-11(14-9)10(8)12-6-2-1-3-7-12/h8-11,13H,1-7H2. The number of likely N-dealkylation sites (tertiary alicyclic amines) is 1. The lowest BCUT2D eigenvalue weighted by atomic mass is 9.90. The minimum atomic E-state index is -0.142. The zero-order chi connectivity index (χ0) is 9.54. The lowest BCUT2D eigenvalue weighted by Gasteiger charge is -2.38. The highest BCUT2D eigenvalue weighted by Gasteiger charge is 2.53. The van der Waals surface area contributed by atoms with Gasteiger partial charge < -0.3 is 9.84 Å². The van der Waals surface area contributed by atoms with Crippen LogP contribution >= 0.6 is 0 Å². The Hall–Kier alpha value is -0.120. The quantitative estimate of drug-likeness (QED) is 0.631. The SMILES string of the molecule is OC1CCC2OC2C1N1CCCCC1. The molecule has 0 amide bonds. The van der Waals surface area contributed by atoms with Crippen LogP contribution in [0.5, 0.6) is 0 Å². The zero-order valence-corrected chi connectivity index (χ0v) is 8.56. The van der Waals surface area contributed by atoms with E-state index in [1.165, 1.54) is 19.3 Å². The highest BCUT2D eigenvalue weighted by molar-refractivity contribution is 5.03. The van der Waals surface area contributed by atoms with Gasteiger partial charge in [-0.15, -0.1) is 0 Å². The Labute approximate surface area is 85.0 Å². The van der Waals surface area contributed by atoms with Crippen LogP contribution in [0.3, 0.4) is 0 Å². The molecular weight excluding hydrogens is 178 g/mol. The second-order valence-corrected chi connectivity index (χ2v) is 4.87. The van der Waals surface area contributed by atoms with Gasteiger partial charge in [-0.3, -0.25) is 4.90 Å². The Kier molecular flexibility index (Phi) is 2.26. The van der Waals surface area contributed by atoms with Crippen molar-refractivity contribution in [3.05, 3.63) is 0 Å². The van der Waals surface area contributed by atoms with Crippen LogP contribution in [0, 0.1) is 0 Å². The van der Waals surface area contributed by atoms with Gasteiger partial charge in [-0.2, -0.15) is 0 Å². The van der Waals surface area contributed by atoms with E-state index in [0.717, 1.165) is 25.9 Å². The number of nitrogens with zero attached hydrogens (tertiary/aromatic N) is 1. The monoisotopic (exact) mass is 197 g/mol. The fourth-order valence-corrected chi connectivity index (χ4v) is 3.08. The molecule has 3 heteroatoms. The Morgan fingerprint density at radius 2 is 1.86 bits per heavy atom. The average molecular weight is 197 g/mol. The smallest absolute Gasteiger partial charge is 0.102 e. The second kappa shape index (κ2) is 3.47. The lowest BCUT2D eigenvalue weighted by Crippen LogP contribution is -2.51. The van der Waals surface area contributed by atoms with Gasteiger partial charge in [0.1, 0.15) is 6.10 Å². The van der Waals surface area contributed by atoms with Crippen molar-refractivity contribution in [2.75, 3.05) is 13.1 Å². The second-order valence-electron chi connectivity index (χ2n) is 4.87. The summed E-state index contributed by atoms with van der Waals surface area (Å²) >= 11 is 0. The van der Waals surface area contributed by atoms with Crippen molar-refractivity contribution < 1.29 is 9.84 Å². The molecular formula is C11H19NO2. The molecule has 4 atom stereocenters. The van der Waals surface area contributed by atoms with Gasteiger partial charge in [0.2, 0.25) is 0 Å². The summed E-state index contributed by atoms with van der Waals surface area (Å²) in [6.07, 6.45) is 6.63. The van der Waals surface area contributed by atoms with E-state index in [0.29, 0.717) is 18.2 Å². The number of hydrogen-bond acceptors (Lipinski definition) is 3. The molecule has 2 aliphatic heterocycles. The lowest BCUT2D eigenvalue weighted by molar-refractivity contribution is 0.0148. The van der Waals surface area contributed by atoms with Crippen LogP contribution < -0.4 is 0 Å². The number of fused-ring (bicyclic) bond motifs is 1. The molecule has 3 rings (SSSR count). The van der Waals surface area contributed by atoms with Crippen molar-refractivity contribution in [2.24, 2.45) is 0 Å². The van der Waals surface area contributed by atoms with Crippen molar-refractivity contribution in [2.45, 2.75) is 56.5 Å². The van der Waals surface area contributed by atoms with Gasteiger partial charge in [0.05, 0.1) is 18.2 Å². The summed E-state index contributed by atoms with van der Waals surface area (Å²) in [4.78, 5) is 2.46. The number of aliphatic hydroxyl groups is 1. The Balaban J connectivity index is 1.68. The summed E-state index contributed by atoms with van der Waals surface area (Å²) in [5.41, 5.74) is 0. The zero-order valence-electron chi connectivity index (χ0n) is 8.56. The molecule has 2 saturated heterocycles. The third-order valence-electron chi connectivity index (χ3n) is 3.91. The molecule has 4 unspecified atom stereocenters. The maximum atomic E-state index is 10.00. The maximum absolute atomic E-state index is 10.00. The first-order valence-corrected chi connectivity index (χ1v) is 5.94. The van der Waals surface area contributed by atoms with Gasteiger partial charge in [-0.1, -0.05) is 6.42 Å². The molecule has 0 aromatic carbocycles. The van der Waals surface area contributed by atoms with E-state index in [-0.39, 0.29) is 6.10 Å². The number of epoxide rings is 1. The van der Waals surface area contributed by atoms with Crippen LogP contribution in [0.1, 0.15) is 32.1 Å². The maximum Gasteiger partial charge on any atom is 0.102 e. The van der Waals surface area contributed by atoms with Gasteiger partial charge in [0, 0.05) is 0 Å². The first kappa shape index (κ1) is 9.13. The number of rotatable bonds is 1. The average Bonchev–Trinajstić information content (AvgIpc) is 2.98. The molecule has 3 aliphatic rings. The van der Waals surface area contributed by atoms with Crippen LogP contribution in [-0.2, 0) is 4.74 Å². The highest BCUT2D eigenvalue weighted by atomic mass is 16.6. The Bertz CT molecular complexity index is 213. The van der Waals surface area contributed by atoms with Crippen molar-refractivity contribution in [3.63, 3.8) is 0 Å². The van der Waals surface area contributed by atoms with E-state index in [1.807, 2.05) is 0 Å². The number of piperidine rings is 1. The normalized spacial score (nSPS) is 48.6. The molecule has 3 fully saturated rings. The molecule has 0 aromatic heterocycles. The van der Waals surface area contributed by atoms with E-state index >= 15 is 0 Å². The summed E-state index contributed by atoms with van der Waals surface area (Å²) in [5, 5.41) is 10.00. The minimum Gasteiger partial charge on any atom is -0.391 e. The number of aliphatic hydroxyl groups excluding tert-OH is 1. The van der Waals surface area contributed by atoms with Crippen LogP contribution in [-0.4, -0.2) is 47.4 Å². The van der Waals surface area contributed by atoms with Crippen LogP contribution in [0.15, 0.2) is 0 Å². The van der Waals surface area contributed by atoms with Gasteiger partial charge in [0.15, 0.2) is 0 Å². The van der Waals surface area contributed by atoms with Gasteiger partial charge in [-0.05, 0) is 38.8 Å². The molecule has 14 heavy (non-hydrogen) atoms. The molecule has 0 spiro atoms. The largest absolute Gasteiger partial charge is 0.391 e. The fraction of sp³-hybridized carbons (Fsp3) is 1.00. The topological polar surface area (TPSA) is 36.0 Å². The van der Waals surface area contributed by atoms with E-state index in [2.05, 4.69) is 4.90 Å².